The van der Waals surface area contributed by atoms with Crippen molar-refractivity contribution in [2.45, 2.75) is 26.3 Å². The quantitative estimate of drug-likeness (QED) is 0.817. The smallest absolute Gasteiger partial charge is 0.317 e. The van der Waals surface area contributed by atoms with Crippen LogP contribution in [0.25, 0.3) is 0 Å². The zero-order chi connectivity index (χ0) is 15.1. The van der Waals surface area contributed by atoms with Crippen LogP contribution >= 0.6 is 0 Å². The molecule has 0 atom stereocenters. The summed E-state index contributed by atoms with van der Waals surface area (Å²) in [6, 6.07) is 7.70. The number of hydrogen-bond donors (Lipinski definition) is 2. The molecule has 0 aromatic heterocycles. The van der Waals surface area contributed by atoms with Crippen molar-refractivity contribution in [3.05, 3.63) is 35.4 Å². The Morgan fingerprint density at radius 3 is 2.62 bits per heavy atom. The summed E-state index contributed by atoms with van der Waals surface area (Å²) >= 11 is 0. The Morgan fingerprint density at radius 2 is 2.00 bits per heavy atom. The monoisotopic (exact) mass is 286 g/mol. The van der Waals surface area contributed by atoms with Gasteiger partial charge in [0, 0.05) is 25.2 Å². The molecule has 1 aromatic rings. The van der Waals surface area contributed by atoms with Crippen LogP contribution in [0.4, 0.5) is 4.79 Å². The Hall–Kier alpha value is -1.99. The van der Waals surface area contributed by atoms with Crippen molar-refractivity contribution < 1.29 is 9.90 Å². The molecule has 112 valence electrons. The van der Waals surface area contributed by atoms with E-state index in [-0.39, 0.29) is 12.6 Å². The Balaban J connectivity index is 1.81. The molecular weight excluding hydrogens is 264 g/mol. The fourth-order valence-corrected chi connectivity index (χ4v) is 2.35. The second-order valence-corrected chi connectivity index (χ2v) is 5.49. The van der Waals surface area contributed by atoms with E-state index in [4.69, 9.17) is 5.11 Å². The first-order valence-electron chi connectivity index (χ1n) is 7.40. The minimum atomic E-state index is -0.133. The highest BCUT2D eigenvalue weighted by Gasteiger charge is 2.19. The van der Waals surface area contributed by atoms with Gasteiger partial charge in [0.15, 0.2) is 0 Å². The van der Waals surface area contributed by atoms with Gasteiger partial charge in [-0.2, -0.15) is 0 Å². The molecule has 1 saturated heterocycles. The molecule has 4 heteroatoms. The van der Waals surface area contributed by atoms with Gasteiger partial charge in [-0.3, -0.25) is 0 Å². The molecule has 2 rings (SSSR count). The number of rotatable bonds is 2. The van der Waals surface area contributed by atoms with Gasteiger partial charge >= 0.3 is 6.03 Å². The second kappa shape index (κ2) is 7.70. The normalized spacial score (nSPS) is 15.2. The van der Waals surface area contributed by atoms with Gasteiger partial charge in [-0.15, -0.1) is 0 Å². The maximum Gasteiger partial charge on any atom is 0.317 e. The summed E-state index contributed by atoms with van der Waals surface area (Å²) in [5.41, 5.74) is 1.91. The number of benzene rings is 1. The van der Waals surface area contributed by atoms with Crippen LogP contribution in [0.15, 0.2) is 24.3 Å². The van der Waals surface area contributed by atoms with Crippen LogP contribution in [0.1, 0.15) is 30.9 Å². The van der Waals surface area contributed by atoms with Crippen molar-refractivity contribution in [3.8, 4) is 11.8 Å². The summed E-state index contributed by atoms with van der Waals surface area (Å²) in [5, 5.41) is 11.6. The Morgan fingerprint density at radius 1 is 1.33 bits per heavy atom. The van der Waals surface area contributed by atoms with Crippen molar-refractivity contribution in [2.24, 2.45) is 5.92 Å². The highest BCUT2D eigenvalue weighted by Crippen LogP contribution is 2.15. The molecule has 1 aromatic carbocycles. The van der Waals surface area contributed by atoms with Crippen LogP contribution in [0, 0.1) is 17.8 Å². The minimum absolute atomic E-state index is 0.0195. The van der Waals surface area contributed by atoms with E-state index in [9.17, 15) is 4.79 Å². The van der Waals surface area contributed by atoms with E-state index in [0.29, 0.717) is 6.54 Å². The molecule has 0 saturated carbocycles. The molecule has 0 aliphatic carbocycles. The predicted molar refractivity (Wildman–Crippen MR) is 82.6 cm³/mol. The third-order valence-corrected chi connectivity index (χ3v) is 3.78. The van der Waals surface area contributed by atoms with Gasteiger partial charge in [-0.05, 0) is 36.5 Å². The predicted octanol–water partition coefficient (Wildman–Crippen LogP) is 1.97. The number of aliphatic hydroxyl groups excluding tert-OH is 1. The molecule has 0 bridgehead atoms. The van der Waals surface area contributed by atoms with Crippen LogP contribution in [-0.4, -0.2) is 35.7 Å². The molecule has 1 aliphatic heterocycles. The molecule has 0 radical (unpaired) electrons. The first kappa shape index (κ1) is 15.4. The lowest BCUT2D eigenvalue weighted by molar-refractivity contribution is 0.173. The highest BCUT2D eigenvalue weighted by atomic mass is 16.2. The van der Waals surface area contributed by atoms with E-state index in [0.717, 1.165) is 43.0 Å². The molecular formula is C17H22N2O2. The second-order valence-electron chi connectivity index (χ2n) is 5.49. The van der Waals surface area contributed by atoms with Gasteiger partial charge < -0.3 is 15.3 Å². The number of likely N-dealkylation sites (tertiary alicyclic amines) is 1. The van der Waals surface area contributed by atoms with Crippen LogP contribution in [0.2, 0.25) is 0 Å². The third kappa shape index (κ3) is 4.80. The number of urea groups is 1. The number of piperidine rings is 1. The lowest BCUT2D eigenvalue weighted by atomic mass is 10.00. The molecule has 21 heavy (non-hydrogen) atoms. The van der Waals surface area contributed by atoms with Crippen LogP contribution < -0.4 is 5.32 Å². The lowest BCUT2D eigenvalue weighted by Gasteiger charge is -2.30. The average molecular weight is 286 g/mol. The number of hydrogen-bond acceptors (Lipinski definition) is 2. The molecule has 1 aliphatic rings. The fraction of sp³-hybridized carbons (Fsp3) is 0.471. The number of carbonyl (C=O) groups excluding carboxylic acids is 1. The largest absolute Gasteiger partial charge is 0.384 e. The summed E-state index contributed by atoms with van der Waals surface area (Å²) in [6.45, 7) is 4.33. The Kier molecular flexibility index (Phi) is 5.65. The van der Waals surface area contributed by atoms with Crippen molar-refractivity contribution in [1.82, 2.24) is 10.2 Å². The Bertz CT molecular complexity index is 520. The topological polar surface area (TPSA) is 52.6 Å². The summed E-state index contributed by atoms with van der Waals surface area (Å²) in [4.78, 5) is 13.9. The average Bonchev–Trinajstić information content (AvgIpc) is 2.52. The number of amides is 2. The molecule has 1 heterocycles. The summed E-state index contributed by atoms with van der Waals surface area (Å²) in [7, 11) is 0. The first-order chi connectivity index (χ1) is 10.2. The highest BCUT2D eigenvalue weighted by molar-refractivity contribution is 5.74. The molecule has 2 N–H and O–H groups in total. The summed E-state index contributed by atoms with van der Waals surface area (Å²) in [5.74, 6) is 6.18. The minimum Gasteiger partial charge on any atom is -0.384 e. The van der Waals surface area contributed by atoms with E-state index in [1.54, 1.807) is 0 Å². The van der Waals surface area contributed by atoms with Crippen molar-refractivity contribution in [1.29, 1.82) is 0 Å². The van der Waals surface area contributed by atoms with E-state index in [2.05, 4.69) is 24.1 Å². The van der Waals surface area contributed by atoms with Gasteiger partial charge in [-0.25, -0.2) is 4.79 Å². The van der Waals surface area contributed by atoms with E-state index >= 15 is 0 Å². The number of nitrogens with zero attached hydrogens (tertiary/aromatic N) is 1. The first-order valence-corrected chi connectivity index (χ1v) is 7.40. The maximum atomic E-state index is 12.1. The molecule has 4 nitrogen and oxygen atoms in total. The maximum absolute atomic E-state index is 12.1. The van der Waals surface area contributed by atoms with E-state index in [1.165, 1.54) is 0 Å². The van der Waals surface area contributed by atoms with Crippen LogP contribution in [0.3, 0.4) is 0 Å². The van der Waals surface area contributed by atoms with Crippen LogP contribution in [-0.2, 0) is 6.54 Å². The van der Waals surface area contributed by atoms with Crippen molar-refractivity contribution in [2.75, 3.05) is 19.7 Å². The van der Waals surface area contributed by atoms with Gasteiger partial charge in [0.2, 0.25) is 0 Å². The zero-order valence-electron chi connectivity index (χ0n) is 12.4. The van der Waals surface area contributed by atoms with Crippen molar-refractivity contribution in [3.63, 3.8) is 0 Å². The molecule has 0 spiro atoms. The summed E-state index contributed by atoms with van der Waals surface area (Å²) in [6.07, 6.45) is 2.18. The van der Waals surface area contributed by atoms with Gasteiger partial charge in [0.25, 0.3) is 0 Å². The van der Waals surface area contributed by atoms with Gasteiger partial charge in [-0.1, -0.05) is 30.9 Å². The van der Waals surface area contributed by atoms with Gasteiger partial charge in [0.1, 0.15) is 6.61 Å². The van der Waals surface area contributed by atoms with Crippen LogP contribution in [0.5, 0.6) is 0 Å². The molecule has 2 amide bonds. The number of carbonyl (C=O) groups is 1. The third-order valence-electron chi connectivity index (χ3n) is 3.78. The SMILES string of the molecule is CC1CCN(C(=O)NCc2ccc(C#CCO)cc2)CC1. The van der Waals surface area contributed by atoms with E-state index < -0.39 is 0 Å². The van der Waals surface area contributed by atoms with E-state index in [1.807, 2.05) is 29.2 Å². The van der Waals surface area contributed by atoms with Crippen molar-refractivity contribution >= 4 is 6.03 Å². The number of aliphatic hydroxyl groups is 1. The summed E-state index contributed by atoms with van der Waals surface area (Å²) < 4.78 is 0. The zero-order valence-corrected chi connectivity index (χ0v) is 12.4. The fourth-order valence-electron chi connectivity index (χ4n) is 2.35. The number of nitrogens with one attached hydrogen (secondary N) is 1. The lowest BCUT2D eigenvalue weighted by Crippen LogP contribution is -2.43. The standard InChI is InChI=1S/C17H22N2O2/c1-14-8-10-19(11-9-14)17(21)18-13-16-6-4-15(5-7-16)3-2-12-20/h4-7,14,20H,8-13H2,1H3,(H,18,21). The molecule has 1 fully saturated rings. The molecule has 0 unspecified atom stereocenters. The Labute approximate surface area is 126 Å². The van der Waals surface area contributed by atoms with Gasteiger partial charge in [0.05, 0.1) is 0 Å².